The predicted octanol–water partition coefficient (Wildman–Crippen LogP) is -0.272. The molecule has 0 saturated heterocycles. The summed E-state index contributed by atoms with van der Waals surface area (Å²) in [6.07, 6.45) is 19.3. The molecule has 0 aliphatic heterocycles. The number of aromatic nitrogens is 20. The van der Waals surface area contributed by atoms with Gasteiger partial charge in [0.05, 0.1) is 56.3 Å². The summed E-state index contributed by atoms with van der Waals surface area (Å²) in [6.45, 7) is 0. The van der Waals surface area contributed by atoms with Crippen LogP contribution in [0.15, 0.2) is 89.7 Å². The number of hydrogen-bond donors (Lipinski definition) is 0. The number of nitrogens with zero attached hydrogens (tertiary/aromatic N) is 20. The number of fused-ring (bicyclic) bond motifs is 5. The van der Waals surface area contributed by atoms with Gasteiger partial charge in [0.1, 0.15) is 52.2 Å². The molecule has 56 heavy (non-hydrogen) atoms. The van der Waals surface area contributed by atoms with E-state index in [2.05, 4.69) is 59.8 Å². The van der Waals surface area contributed by atoms with Gasteiger partial charge in [-0.15, -0.1) is 0 Å². The third kappa shape index (κ3) is 7.61. The zero-order valence-corrected chi connectivity index (χ0v) is 31.6. The Morgan fingerprint density at radius 2 is 0.946 bits per heavy atom. The van der Waals surface area contributed by atoms with Gasteiger partial charge >= 0.3 is 17.1 Å². The molecule has 23 nitrogen and oxygen atoms in total. The van der Waals surface area contributed by atoms with E-state index in [1.54, 1.807) is 76.7 Å². The highest BCUT2D eigenvalue weighted by Gasteiger charge is 2.07. The van der Waals surface area contributed by atoms with Crippen LogP contribution in [-0.2, 0) is 56.4 Å². The molecule has 0 amide bonds. The van der Waals surface area contributed by atoms with Gasteiger partial charge in [0, 0.05) is 56.4 Å². The normalized spacial score (nSPS) is 10.7. The number of rotatable bonds is 0. The number of aryl methyl sites for hydroxylation is 8. The molecule has 0 saturated carbocycles. The average molecular weight is 761 g/mol. The van der Waals surface area contributed by atoms with Gasteiger partial charge in [0.15, 0.2) is 22.6 Å². The van der Waals surface area contributed by atoms with E-state index in [1.165, 1.54) is 49.6 Å². The summed E-state index contributed by atoms with van der Waals surface area (Å²) in [4.78, 5) is 80.6. The Kier molecular flexibility index (Phi) is 10.8. The van der Waals surface area contributed by atoms with Crippen LogP contribution in [0.25, 0.3) is 55.8 Å². The fourth-order valence-electron chi connectivity index (χ4n) is 5.34. The second-order valence-corrected chi connectivity index (χ2v) is 12.1. The van der Waals surface area contributed by atoms with Crippen LogP contribution in [0, 0.1) is 0 Å². The van der Waals surface area contributed by atoms with Crippen LogP contribution >= 0.6 is 0 Å². The Labute approximate surface area is 315 Å². The van der Waals surface area contributed by atoms with Crippen molar-refractivity contribution >= 4 is 55.8 Å². The highest BCUT2D eigenvalue weighted by atomic mass is 16.2. The first kappa shape index (κ1) is 37.9. The van der Waals surface area contributed by atoms with Crippen LogP contribution in [0.3, 0.4) is 0 Å². The SMILES string of the molecule is Cn1c(=O)n(C)c2ncncc21.Cn1cnc2c1cnc(=O)n2C.Cn1cnc2cnc(=O)n(C)c21.Cn1cnc2cncnc21.Cn1cnc2ncncc21. The van der Waals surface area contributed by atoms with Crippen molar-refractivity contribution in [2.24, 2.45) is 56.4 Å². The molecule has 0 aliphatic rings. The molecule has 23 heteroatoms. The molecule has 286 valence electrons. The summed E-state index contributed by atoms with van der Waals surface area (Å²) in [6, 6.07) is 0. The van der Waals surface area contributed by atoms with Gasteiger partial charge in [-0.05, 0) is 0 Å². The van der Waals surface area contributed by atoms with Gasteiger partial charge in [-0.25, -0.2) is 64.2 Å². The minimum absolute atomic E-state index is 0.0782. The lowest BCUT2D eigenvalue weighted by Gasteiger charge is -1.99. The van der Waals surface area contributed by atoms with E-state index in [1.807, 2.05) is 41.9 Å². The van der Waals surface area contributed by atoms with Crippen molar-refractivity contribution in [1.29, 1.82) is 0 Å². The third-order valence-electron chi connectivity index (χ3n) is 8.41. The molecular formula is C33H36N20O3. The molecule has 0 fully saturated rings. The van der Waals surface area contributed by atoms with Crippen LogP contribution in [0.4, 0.5) is 0 Å². The first-order valence-electron chi connectivity index (χ1n) is 16.5. The van der Waals surface area contributed by atoms with Gasteiger partial charge in [-0.2, -0.15) is 9.97 Å². The second-order valence-electron chi connectivity index (χ2n) is 12.1. The lowest BCUT2D eigenvalue weighted by Crippen LogP contribution is -2.20. The summed E-state index contributed by atoms with van der Waals surface area (Å²) >= 11 is 0. The molecule has 0 aromatic carbocycles. The van der Waals surface area contributed by atoms with Crippen LogP contribution in [0.2, 0.25) is 0 Å². The number of imidazole rings is 5. The lowest BCUT2D eigenvalue weighted by molar-refractivity contribution is 0.791. The fourth-order valence-corrected chi connectivity index (χ4v) is 5.34. The van der Waals surface area contributed by atoms with E-state index >= 15 is 0 Å². The van der Waals surface area contributed by atoms with Crippen LogP contribution in [0.1, 0.15) is 0 Å². The summed E-state index contributed by atoms with van der Waals surface area (Å²) in [5.41, 5.74) is 7.27. The smallest absolute Gasteiger partial charge is 0.331 e. The van der Waals surface area contributed by atoms with E-state index in [0.29, 0.717) is 11.3 Å². The van der Waals surface area contributed by atoms with Gasteiger partial charge in [-0.1, -0.05) is 0 Å². The molecule has 0 aliphatic carbocycles. The van der Waals surface area contributed by atoms with E-state index in [-0.39, 0.29) is 17.1 Å². The van der Waals surface area contributed by atoms with Crippen LogP contribution in [-0.4, -0.2) is 96.3 Å². The Bertz CT molecular complexity index is 3010. The zero-order chi connectivity index (χ0) is 40.1. The molecule has 10 aromatic rings. The maximum atomic E-state index is 11.3. The Morgan fingerprint density at radius 3 is 1.66 bits per heavy atom. The Balaban J connectivity index is 0.000000119. The van der Waals surface area contributed by atoms with Crippen LogP contribution in [0.5, 0.6) is 0 Å². The topological polar surface area (TPSA) is 245 Å². The predicted molar refractivity (Wildman–Crippen MR) is 204 cm³/mol. The van der Waals surface area contributed by atoms with Gasteiger partial charge < -0.3 is 18.3 Å². The first-order chi connectivity index (χ1) is 26.9. The first-order valence-corrected chi connectivity index (χ1v) is 16.5. The quantitative estimate of drug-likeness (QED) is 0.193. The molecule has 0 bridgehead atoms. The Hall–Kier alpha value is -7.85. The standard InChI is InChI=1S/3C7H8N4O.2C6H6N4/c1-10-4-9-6-5(10)3-8-7(12)11(6)2;1-10-4-9-5-3-8-7(12)11(2)6(5)10;1-10-5-3-8-4-9-6(5)11(2)7(10)12;1-10-4-9-6-5(10)2-7-3-8-6;1-10-4-9-5-2-7-3-8-6(5)10/h3*3-4H,1-2H3;2*2-4H,1H3. The van der Waals surface area contributed by atoms with E-state index in [9.17, 15) is 14.4 Å². The largest absolute Gasteiger partial charge is 0.349 e. The molecule has 0 radical (unpaired) electrons. The summed E-state index contributed by atoms with van der Waals surface area (Å²) in [5.74, 6) is 0. The maximum Gasteiger partial charge on any atom is 0.349 e. The molecule has 0 unspecified atom stereocenters. The van der Waals surface area contributed by atoms with Crippen molar-refractivity contribution in [1.82, 2.24) is 96.3 Å². The molecule has 0 atom stereocenters. The fraction of sp³-hybridized carbons (Fsp3) is 0.242. The van der Waals surface area contributed by atoms with Crippen molar-refractivity contribution in [3.63, 3.8) is 0 Å². The average Bonchev–Trinajstić information content (AvgIpc) is 4.03. The van der Waals surface area contributed by atoms with Gasteiger partial charge in [0.2, 0.25) is 0 Å². The maximum absolute atomic E-state index is 11.3. The van der Waals surface area contributed by atoms with Gasteiger partial charge in [-0.3, -0.25) is 18.3 Å². The number of hydrogen-bond acceptors (Lipinski definition) is 15. The van der Waals surface area contributed by atoms with E-state index in [0.717, 1.165) is 44.5 Å². The highest BCUT2D eigenvalue weighted by Crippen LogP contribution is 2.07. The minimum Gasteiger partial charge on any atom is -0.331 e. The lowest BCUT2D eigenvalue weighted by atomic mass is 10.5. The summed E-state index contributed by atoms with van der Waals surface area (Å²) in [7, 11) is 14.3. The van der Waals surface area contributed by atoms with Crippen molar-refractivity contribution in [3.8, 4) is 0 Å². The van der Waals surface area contributed by atoms with Crippen LogP contribution < -0.4 is 17.1 Å². The molecule has 10 heterocycles. The van der Waals surface area contributed by atoms with Crippen molar-refractivity contribution in [2.75, 3.05) is 0 Å². The third-order valence-corrected chi connectivity index (χ3v) is 8.41. The van der Waals surface area contributed by atoms with Gasteiger partial charge in [0.25, 0.3) is 0 Å². The van der Waals surface area contributed by atoms with Crippen molar-refractivity contribution < 1.29 is 0 Å². The monoisotopic (exact) mass is 760 g/mol. The zero-order valence-electron chi connectivity index (χ0n) is 31.6. The molecule has 10 rings (SSSR count). The molecule has 0 spiro atoms. The van der Waals surface area contributed by atoms with Crippen molar-refractivity contribution in [2.45, 2.75) is 0 Å². The van der Waals surface area contributed by atoms with E-state index in [4.69, 9.17) is 0 Å². The molecule has 10 aromatic heterocycles. The van der Waals surface area contributed by atoms with E-state index < -0.39 is 0 Å². The Morgan fingerprint density at radius 1 is 0.393 bits per heavy atom. The summed E-state index contributed by atoms with van der Waals surface area (Å²) < 4.78 is 13.3. The minimum atomic E-state index is -0.277. The summed E-state index contributed by atoms with van der Waals surface area (Å²) in [5, 5.41) is 0. The van der Waals surface area contributed by atoms with Crippen molar-refractivity contribution in [3.05, 3.63) is 107 Å². The highest BCUT2D eigenvalue weighted by molar-refractivity contribution is 5.71. The molecular weight excluding hydrogens is 724 g/mol. The second kappa shape index (κ2) is 16.0. The molecule has 0 N–H and O–H groups in total.